The number of aryl methyl sites for hydroxylation is 2. The fourth-order valence-electron chi connectivity index (χ4n) is 2.73. The molecule has 116 valence electrons. The molecular weight excluding hydrogens is 278 g/mol. The number of ether oxygens (including phenoxy) is 1. The second-order valence-corrected chi connectivity index (χ2v) is 5.93. The first-order valence-corrected chi connectivity index (χ1v) is 7.55. The van der Waals surface area contributed by atoms with E-state index in [9.17, 15) is 4.79 Å². The van der Waals surface area contributed by atoms with Gasteiger partial charge < -0.3 is 10.1 Å². The summed E-state index contributed by atoms with van der Waals surface area (Å²) in [7, 11) is 1.52. The minimum atomic E-state index is -0.156. The largest absolute Gasteiger partial charge is 0.375 e. The molecule has 0 aliphatic heterocycles. The Morgan fingerprint density at radius 1 is 1.41 bits per heavy atom. The van der Waals surface area contributed by atoms with Crippen LogP contribution in [0.1, 0.15) is 35.6 Å². The number of rotatable bonds is 5. The highest BCUT2D eigenvalue weighted by Gasteiger charge is 2.31. The highest BCUT2D eigenvalue weighted by molar-refractivity contribution is 5.96. The molecule has 1 amide bonds. The molecule has 3 rings (SSSR count). The maximum Gasteiger partial charge on any atom is 0.250 e. The van der Waals surface area contributed by atoms with Crippen LogP contribution in [0.25, 0.3) is 11.3 Å². The highest BCUT2D eigenvalue weighted by Crippen LogP contribution is 2.45. The maximum absolute atomic E-state index is 12.0. The third-order valence-corrected chi connectivity index (χ3v) is 3.96. The molecule has 1 fully saturated rings. The van der Waals surface area contributed by atoms with Crippen molar-refractivity contribution in [1.29, 1.82) is 0 Å². The van der Waals surface area contributed by atoms with Crippen molar-refractivity contribution < 1.29 is 9.53 Å². The first-order valence-electron chi connectivity index (χ1n) is 7.55. The third kappa shape index (κ3) is 2.90. The highest BCUT2D eigenvalue weighted by atomic mass is 16.5. The van der Waals surface area contributed by atoms with Crippen molar-refractivity contribution in [2.24, 2.45) is 0 Å². The van der Waals surface area contributed by atoms with E-state index in [0.29, 0.717) is 5.92 Å². The van der Waals surface area contributed by atoms with Crippen molar-refractivity contribution in [3.63, 3.8) is 0 Å². The van der Waals surface area contributed by atoms with Crippen LogP contribution in [-0.4, -0.2) is 29.8 Å². The number of carbonyl (C=O) groups excluding carboxylic acids is 1. The van der Waals surface area contributed by atoms with Gasteiger partial charge in [0.2, 0.25) is 5.91 Å². The molecule has 1 aromatic heterocycles. The summed E-state index contributed by atoms with van der Waals surface area (Å²) in [4.78, 5) is 12.0. The monoisotopic (exact) mass is 299 g/mol. The van der Waals surface area contributed by atoms with E-state index in [0.717, 1.165) is 41.0 Å². The van der Waals surface area contributed by atoms with Gasteiger partial charge in [0, 0.05) is 18.6 Å². The predicted octanol–water partition coefficient (Wildman–Crippen LogP) is 3.16. The van der Waals surface area contributed by atoms with Crippen molar-refractivity contribution in [1.82, 2.24) is 10.2 Å². The molecular formula is C17H21N3O2. The van der Waals surface area contributed by atoms with Gasteiger partial charge >= 0.3 is 0 Å². The van der Waals surface area contributed by atoms with Gasteiger partial charge in [0.15, 0.2) is 0 Å². The van der Waals surface area contributed by atoms with Gasteiger partial charge in [-0.25, -0.2) is 0 Å². The van der Waals surface area contributed by atoms with Crippen LogP contribution in [-0.2, 0) is 9.53 Å². The van der Waals surface area contributed by atoms with Gasteiger partial charge in [-0.1, -0.05) is 23.8 Å². The molecule has 5 heteroatoms. The van der Waals surface area contributed by atoms with Crippen molar-refractivity contribution in [3.05, 3.63) is 35.0 Å². The SMILES string of the molecule is COCC(=O)Nc1c(-c2ccc(C)cc2C)n[nH]c1C1CC1. The molecule has 1 aliphatic rings. The lowest BCUT2D eigenvalue weighted by Crippen LogP contribution is -2.18. The van der Waals surface area contributed by atoms with Crippen LogP contribution < -0.4 is 5.32 Å². The summed E-state index contributed by atoms with van der Waals surface area (Å²) in [6.45, 7) is 4.18. The molecule has 1 saturated carbocycles. The Labute approximate surface area is 130 Å². The van der Waals surface area contributed by atoms with E-state index in [-0.39, 0.29) is 12.5 Å². The summed E-state index contributed by atoms with van der Waals surface area (Å²) >= 11 is 0. The van der Waals surface area contributed by atoms with E-state index in [4.69, 9.17) is 4.74 Å². The van der Waals surface area contributed by atoms with E-state index < -0.39 is 0 Å². The fraction of sp³-hybridized carbons (Fsp3) is 0.412. The van der Waals surface area contributed by atoms with Crippen LogP contribution in [0.5, 0.6) is 0 Å². The Kier molecular flexibility index (Phi) is 3.98. The molecule has 22 heavy (non-hydrogen) atoms. The summed E-state index contributed by atoms with van der Waals surface area (Å²) in [5, 5.41) is 10.6. The first kappa shape index (κ1) is 14.8. The summed E-state index contributed by atoms with van der Waals surface area (Å²) < 4.78 is 4.91. The minimum Gasteiger partial charge on any atom is -0.375 e. The second kappa shape index (κ2) is 5.93. The van der Waals surface area contributed by atoms with E-state index >= 15 is 0 Å². The molecule has 0 spiro atoms. The van der Waals surface area contributed by atoms with Crippen LogP contribution >= 0.6 is 0 Å². The number of hydrogen-bond donors (Lipinski definition) is 2. The van der Waals surface area contributed by atoms with Crippen molar-refractivity contribution >= 4 is 11.6 Å². The molecule has 0 bridgehead atoms. The molecule has 2 aromatic rings. The number of amides is 1. The average Bonchev–Trinajstić information content (AvgIpc) is 3.22. The Balaban J connectivity index is 2.01. The lowest BCUT2D eigenvalue weighted by Gasteiger charge is -2.10. The molecule has 5 nitrogen and oxygen atoms in total. The standard InChI is InChI=1S/C17H21N3O2/c1-10-4-7-13(11(2)8-10)16-17(18-14(21)9-22-3)15(19-20-16)12-5-6-12/h4,7-8,12H,5-6,9H2,1-3H3,(H,18,21)(H,19,20). The molecule has 0 radical (unpaired) electrons. The van der Waals surface area contributed by atoms with Gasteiger partial charge in [-0.05, 0) is 32.3 Å². The number of carbonyl (C=O) groups is 1. The number of nitrogens with one attached hydrogen (secondary N) is 2. The molecule has 1 heterocycles. The smallest absolute Gasteiger partial charge is 0.250 e. The van der Waals surface area contributed by atoms with Crippen molar-refractivity contribution in [3.8, 4) is 11.3 Å². The van der Waals surface area contributed by atoms with Gasteiger partial charge in [-0.2, -0.15) is 5.10 Å². The van der Waals surface area contributed by atoms with Gasteiger partial charge in [0.05, 0.1) is 11.4 Å². The zero-order valence-electron chi connectivity index (χ0n) is 13.2. The van der Waals surface area contributed by atoms with E-state index in [1.807, 2.05) is 0 Å². The van der Waals surface area contributed by atoms with Crippen molar-refractivity contribution in [2.45, 2.75) is 32.6 Å². The molecule has 0 saturated heterocycles. The van der Waals surface area contributed by atoms with Gasteiger partial charge in [0.1, 0.15) is 12.3 Å². The number of anilines is 1. The molecule has 0 unspecified atom stereocenters. The lowest BCUT2D eigenvalue weighted by atomic mass is 10.0. The van der Waals surface area contributed by atoms with Gasteiger partial charge in [0.25, 0.3) is 0 Å². The number of benzene rings is 1. The molecule has 1 aromatic carbocycles. The molecule has 2 N–H and O–H groups in total. The molecule has 1 aliphatic carbocycles. The van der Waals surface area contributed by atoms with Crippen molar-refractivity contribution in [2.75, 3.05) is 19.0 Å². The predicted molar refractivity (Wildman–Crippen MR) is 86.0 cm³/mol. The lowest BCUT2D eigenvalue weighted by molar-refractivity contribution is -0.119. The Hall–Kier alpha value is -2.14. The zero-order valence-corrected chi connectivity index (χ0v) is 13.2. The zero-order chi connectivity index (χ0) is 15.7. The van der Waals surface area contributed by atoms with E-state index in [1.165, 1.54) is 12.7 Å². The number of nitrogens with zero attached hydrogens (tertiary/aromatic N) is 1. The number of aromatic amines is 1. The summed E-state index contributed by atoms with van der Waals surface area (Å²) in [6.07, 6.45) is 2.28. The number of methoxy groups -OCH3 is 1. The number of H-pyrrole nitrogens is 1. The van der Waals surface area contributed by atoms with E-state index in [1.54, 1.807) is 0 Å². The third-order valence-electron chi connectivity index (χ3n) is 3.96. The number of aromatic nitrogens is 2. The van der Waals surface area contributed by atoms with E-state index in [2.05, 4.69) is 47.6 Å². The summed E-state index contributed by atoms with van der Waals surface area (Å²) in [5.74, 6) is 0.321. The topological polar surface area (TPSA) is 67.0 Å². The fourth-order valence-corrected chi connectivity index (χ4v) is 2.73. The van der Waals surface area contributed by atoms with Crippen LogP contribution in [0.4, 0.5) is 5.69 Å². The summed E-state index contributed by atoms with van der Waals surface area (Å²) in [6, 6.07) is 6.25. The van der Waals surface area contributed by atoms with Crippen LogP contribution in [0.15, 0.2) is 18.2 Å². The second-order valence-electron chi connectivity index (χ2n) is 5.93. The van der Waals surface area contributed by atoms with Gasteiger partial charge in [-0.3, -0.25) is 9.89 Å². The normalized spacial score (nSPS) is 14.1. The Morgan fingerprint density at radius 3 is 2.82 bits per heavy atom. The van der Waals surface area contributed by atoms with Crippen LogP contribution in [0.3, 0.4) is 0 Å². The summed E-state index contributed by atoms with van der Waals surface area (Å²) in [5.41, 5.74) is 6.04. The Bertz CT molecular complexity index is 702. The molecule has 0 atom stereocenters. The average molecular weight is 299 g/mol. The van der Waals surface area contributed by atoms with Gasteiger partial charge in [-0.15, -0.1) is 0 Å². The van der Waals surface area contributed by atoms with Crippen LogP contribution in [0.2, 0.25) is 0 Å². The number of hydrogen-bond acceptors (Lipinski definition) is 3. The Morgan fingerprint density at radius 2 is 2.18 bits per heavy atom. The minimum absolute atomic E-state index is 0.0433. The quantitative estimate of drug-likeness (QED) is 0.891. The van der Waals surface area contributed by atoms with Crippen LogP contribution in [0, 0.1) is 13.8 Å². The first-order chi connectivity index (χ1) is 10.6. The maximum atomic E-state index is 12.0.